The summed E-state index contributed by atoms with van der Waals surface area (Å²) in [5.41, 5.74) is -0.100. The van der Waals surface area contributed by atoms with Crippen molar-refractivity contribution < 1.29 is 13.6 Å². The maximum absolute atomic E-state index is 13.6. The van der Waals surface area contributed by atoms with Crippen LogP contribution in [-0.4, -0.2) is 33.9 Å². The van der Waals surface area contributed by atoms with Gasteiger partial charge >= 0.3 is 0 Å². The van der Waals surface area contributed by atoms with Gasteiger partial charge in [-0.1, -0.05) is 6.07 Å². The first kappa shape index (κ1) is 14.4. The Kier molecular flexibility index (Phi) is 3.95. The van der Waals surface area contributed by atoms with Gasteiger partial charge in [-0.2, -0.15) is 0 Å². The fourth-order valence-electron chi connectivity index (χ4n) is 2.37. The predicted octanol–water partition coefficient (Wildman–Crippen LogP) is 2.73. The Balaban J connectivity index is 1.83. The molecule has 0 bridgehead atoms. The summed E-state index contributed by atoms with van der Waals surface area (Å²) in [5, 5.41) is 2.55. The van der Waals surface area contributed by atoms with Crippen molar-refractivity contribution in [1.29, 1.82) is 0 Å². The summed E-state index contributed by atoms with van der Waals surface area (Å²) in [5.74, 6) is -1.49. The topological polar surface area (TPSA) is 58.1 Å². The second-order valence-corrected chi connectivity index (χ2v) is 5.01. The molecule has 1 aliphatic heterocycles. The van der Waals surface area contributed by atoms with E-state index >= 15 is 0 Å². The molecule has 0 atom stereocenters. The first-order chi connectivity index (χ1) is 10.6. The largest absolute Gasteiger partial charge is 0.337 e. The monoisotopic (exact) mass is 304 g/mol. The third-order valence-electron chi connectivity index (χ3n) is 3.50. The molecule has 1 aromatic heterocycles. The molecule has 0 radical (unpaired) electrons. The average Bonchev–Trinajstić information content (AvgIpc) is 3.05. The lowest BCUT2D eigenvalue weighted by Crippen LogP contribution is -2.28. The molecule has 1 aliphatic rings. The highest BCUT2D eigenvalue weighted by Gasteiger charge is 2.21. The fourth-order valence-corrected chi connectivity index (χ4v) is 2.37. The molecule has 2 heterocycles. The molecular formula is C15H14F2N4O. The molecule has 22 heavy (non-hydrogen) atoms. The van der Waals surface area contributed by atoms with Crippen LogP contribution in [0.1, 0.15) is 23.3 Å². The molecule has 114 valence electrons. The number of amides is 1. The summed E-state index contributed by atoms with van der Waals surface area (Å²) >= 11 is 0. The number of carbonyl (C=O) groups excluding carboxylic acids is 1. The van der Waals surface area contributed by atoms with Crippen LogP contribution in [0.4, 0.5) is 20.3 Å². The predicted molar refractivity (Wildman–Crippen MR) is 76.8 cm³/mol. The van der Waals surface area contributed by atoms with E-state index in [9.17, 15) is 13.6 Å². The zero-order chi connectivity index (χ0) is 15.5. The van der Waals surface area contributed by atoms with Gasteiger partial charge in [0, 0.05) is 19.2 Å². The lowest BCUT2D eigenvalue weighted by molar-refractivity contribution is 0.0787. The molecule has 1 N–H and O–H groups in total. The molecule has 5 nitrogen and oxygen atoms in total. The number of nitrogens with one attached hydrogen (secondary N) is 1. The molecule has 1 aromatic carbocycles. The Bertz CT molecular complexity index is 681. The van der Waals surface area contributed by atoms with Crippen LogP contribution >= 0.6 is 0 Å². The summed E-state index contributed by atoms with van der Waals surface area (Å²) in [7, 11) is 0. The van der Waals surface area contributed by atoms with Crippen LogP contribution in [0, 0.1) is 11.6 Å². The van der Waals surface area contributed by atoms with E-state index in [1.54, 1.807) is 4.90 Å². The van der Waals surface area contributed by atoms with E-state index in [-0.39, 0.29) is 23.1 Å². The van der Waals surface area contributed by atoms with E-state index in [0.29, 0.717) is 13.1 Å². The molecule has 1 saturated heterocycles. The number of carbonyl (C=O) groups is 1. The Labute approximate surface area is 126 Å². The molecule has 0 spiro atoms. The quantitative estimate of drug-likeness (QED) is 0.947. The summed E-state index contributed by atoms with van der Waals surface area (Å²) in [6, 6.07) is 4.95. The smallest absolute Gasteiger partial charge is 0.272 e. The van der Waals surface area contributed by atoms with Gasteiger partial charge in [0.25, 0.3) is 5.91 Å². The fraction of sp³-hybridized carbons (Fsp3) is 0.267. The van der Waals surface area contributed by atoms with Gasteiger partial charge in [-0.15, -0.1) is 0 Å². The minimum Gasteiger partial charge on any atom is -0.337 e. The molecular weight excluding hydrogens is 290 g/mol. The van der Waals surface area contributed by atoms with E-state index in [2.05, 4.69) is 15.3 Å². The molecule has 2 aromatic rings. The zero-order valence-corrected chi connectivity index (χ0v) is 11.7. The summed E-state index contributed by atoms with van der Waals surface area (Å²) in [4.78, 5) is 21.8. The first-order valence-electron chi connectivity index (χ1n) is 6.97. The molecule has 0 unspecified atom stereocenters. The number of likely N-dealkylation sites (tertiary alicyclic amines) is 1. The number of aromatic nitrogens is 2. The lowest BCUT2D eigenvalue weighted by Gasteiger charge is -2.15. The van der Waals surface area contributed by atoms with Gasteiger partial charge in [0.15, 0.2) is 0 Å². The van der Waals surface area contributed by atoms with Gasteiger partial charge in [-0.25, -0.2) is 18.7 Å². The van der Waals surface area contributed by atoms with Crippen LogP contribution in [0.5, 0.6) is 0 Å². The van der Waals surface area contributed by atoms with Gasteiger partial charge in [0.05, 0.1) is 0 Å². The molecule has 3 rings (SSSR count). The van der Waals surface area contributed by atoms with E-state index in [1.807, 2.05) is 0 Å². The molecule has 0 aliphatic carbocycles. The third-order valence-corrected chi connectivity index (χ3v) is 3.50. The summed E-state index contributed by atoms with van der Waals surface area (Å²) in [6.45, 7) is 1.40. The molecule has 7 heteroatoms. The van der Waals surface area contributed by atoms with Crippen molar-refractivity contribution in [2.45, 2.75) is 12.8 Å². The number of hydrogen-bond donors (Lipinski definition) is 1. The van der Waals surface area contributed by atoms with Crippen LogP contribution in [-0.2, 0) is 0 Å². The Hall–Kier alpha value is -2.57. The van der Waals surface area contributed by atoms with Crippen LogP contribution in [0.3, 0.4) is 0 Å². The highest BCUT2D eigenvalue weighted by Crippen LogP contribution is 2.22. The number of anilines is 2. The molecule has 0 saturated carbocycles. The number of para-hydroxylation sites is 1. The van der Waals surface area contributed by atoms with Crippen LogP contribution < -0.4 is 5.32 Å². The maximum atomic E-state index is 13.6. The summed E-state index contributed by atoms with van der Waals surface area (Å²) in [6.07, 6.45) is 3.15. The van der Waals surface area contributed by atoms with Crippen LogP contribution in [0.15, 0.2) is 30.6 Å². The Morgan fingerprint density at radius 2 is 1.82 bits per heavy atom. The second kappa shape index (κ2) is 6.05. The standard InChI is InChI=1S/C15H14F2N4O/c16-10-4-3-5-11(17)14(10)20-13-8-12(18-9-19-13)15(22)21-6-1-2-7-21/h3-5,8-9H,1-2,6-7H2,(H,18,19,20). The zero-order valence-electron chi connectivity index (χ0n) is 11.7. The minimum absolute atomic E-state index is 0.168. The SMILES string of the molecule is O=C(c1cc(Nc2c(F)cccc2F)ncn1)N1CCCC1. The van der Waals surface area contributed by atoms with Gasteiger partial charge < -0.3 is 10.2 Å². The van der Waals surface area contributed by atoms with Crippen molar-refractivity contribution in [3.8, 4) is 0 Å². The number of benzene rings is 1. The van der Waals surface area contributed by atoms with Crippen molar-refractivity contribution in [3.63, 3.8) is 0 Å². The number of rotatable bonds is 3. The highest BCUT2D eigenvalue weighted by atomic mass is 19.1. The number of halogens is 2. The van der Waals surface area contributed by atoms with Crippen molar-refractivity contribution in [3.05, 3.63) is 47.9 Å². The van der Waals surface area contributed by atoms with Crippen LogP contribution in [0.2, 0.25) is 0 Å². The summed E-state index contributed by atoms with van der Waals surface area (Å²) < 4.78 is 27.2. The van der Waals surface area contributed by atoms with Gasteiger partial charge in [-0.05, 0) is 25.0 Å². The maximum Gasteiger partial charge on any atom is 0.272 e. The number of hydrogen-bond acceptors (Lipinski definition) is 4. The first-order valence-corrected chi connectivity index (χ1v) is 6.97. The van der Waals surface area contributed by atoms with Crippen molar-refractivity contribution >= 4 is 17.4 Å². The number of nitrogens with zero attached hydrogens (tertiary/aromatic N) is 3. The Morgan fingerprint density at radius 3 is 2.50 bits per heavy atom. The Morgan fingerprint density at radius 1 is 1.14 bits per heavy atom. The van der Waals surface area contributed by atoms with Gasteiger partial charge in [0.1, 0.15) is 35.2 Å². The van der Waals surface area contributed by atoms with Gasteiger partial charge in [0.2, 0.25) is 0 Å². The van der Waals surface area contributed by atoms with Crippen molar-refractivity contribution in [1.82, 2.24) is 14.9 Å². The van der Waals surface area contributed by atoms with Crippen molar-refractivity contribution in [2.24, 2.45) is 0 Å². The van der Waals surface area contributed by atoms with E-state index < -0.39 is 11.6 Å². The highest BCUT2D eigenvalue weighted by molar-refractivity contribution is 5.93. The van der Waals surface area contributed by atoms with E-state index in [0.717, 1.165) is 25.0 Å². The average molecular weight is 304 g/mol. The third kappa shape index (κ3) is 2.88. The molecule has 1 fully saturated rings. The van der Waals surface area contributed by atoms with Gasteiger partial charge in [-0.3, -0.25) is 4.79 Å². The molecule has 1 amide bonds. The normalized spacial score (nSPS) is 14.2. The van der Waals surface area contributed by atoms with E-state index in [1.165, 1.54) is 18.5 Å². The second-order valence-electron chi connectivity index (χ2n) is 5.01. The van der Waals surface area contributed by atoms with E-state index in [4.69, 9.17) is 0 Å². The van der Waals surface area contributed by atoms with Crippen LogP contribution in [0.25, 0.3) is 0 Å². The lowest BCUT2D eigenvalue weighted by atomic mass is 10.3. The minimum atomic E-state index is -0.731. The van der Waals surface area contributed by atoms with Crippen molar-refractivity contribution in [2.75, 3.05) is 18.4 Å².